The van der Waals surface area contributed by atoms with Gasteiger partial charge in [-0.1, -0.05) is 94.0 Å². The number of rotatable bonds is 7. The van der Waals surface area contributed by atoms with E-state index in [0.29, 0.717) is 5.92 Å². The third-order valence-corrected chi connectivity index (χ3v) is 6.14. The van der Waals surface area contributed by atoms with Crippen molar-refractivity contribution < 1.29 is 9.90 Å². The first-order valence-electron chi connectivity index (χ1n) is 10.6. The van der Waals surface area contributed by atoms with Gasteiger partial charge in [0.2, 0.25) is 0 Å². The molecule has 0 heterocycles. The highest BCUT2D eigenvalue weighted by Crippen LogP contribution is 2.36. The number of unbranched alkanes of at least 4 members (excludes halogenated alkanes) is 2. The standard InChI is InChI=1S/C25H32O2/c1-2-3-4-6-19-7-5-8-20(10-9-19)21-11-13-22(14-12-21)23-15-17-24(18-16-23)25(26)27/h11-20H,2-10H2,1H3,(H,26,27)/p-1/t19-,20-/m0/s1. The van der Waals surface area contributed by atoms with Crippen LogP contribution in [0.2, 0.25) is 0 Å². The molecule has 1 aliphatic rings. The molecule has 1 fully saturated rings. The van der Waals surface area contributed by atoms with E-state index in [1.54, 1.807) is 12.1 Å². The van der Waals surface area contributed by atoms with Crippen LogP contribution in [0.4, 0.5) is 0 Å². The van der Waals surface area contributed by atoms with Crippen LogP contribution in [0.3, 0.4) is 0 Å². The summed E-state index contributed by atoms with van der Waals surface area (Å²) in [5.74, 6) is 0.497. The van der Waals surface area contributed by atoms with Gasteiger partial charge < -0.3 is 9.90 Å². The number of aromatic carboxylic acids is 1. The number of hydrogen-bond acceptors (Lipinski definition) is 2. The van der Waals surface area contributed by atoms with E-state index in [9.17, 15) is 9.90 Å². The quantitative estimate of drug-likeness (QED) is 0.450. The highest BCUT2D eigenvalue weighted by Gasteiger charge is 2.20. The van der Waals surface area contributed by atoms with Gasteiger partial charge in [0.05, 0.1) is 5.97 Å². The molecule has 0 saturated heterocycles. The van der Waals surface area contributed by atoms with Gasteiger partial charge in [0.15, 0.2) is 0 Å². The van der Waals surface area contributed by atoms with Gasteiger partial charge in [-0.2, -0.15) is 0 Å². The van der Waals surface area contributed by atoms with E-state index in [1.165, 1.54) is 63.4 Å². The van der Waals surface area contributed by atoms with E-state index in [4.69, 9.17) is 0 Å². The van der Waals surface area contributed by atoms with Crippen LogP contribution >= 0.6 is 0 Å². The fraction of sp³-hybridized carbons (Fsp3) is 0.480. The van der Waals surface area contributed by atoms with Crippen molar-refractivity contribution in [1.82, 2.24) is 0 Å². The maximum absolute atomic E-state index is 10.9. The third kappa shape index (κ3) is 5.45. The molecule has 0 bridgehead atoms. The summed E-state index contributed by atoms with van der Waals surface area (Å²) < 4.78 is 0. The van der Waals surface area contributed by atoms with Crippen LogP contribution in [-0.4, -0.2) is 5.97 Å². The summed E-state index contributed by atoms with van der Waals surface area (Å²) >= 11 is 0. The Morgan fingerprint density at radius 3 is 2.19 bits per heavy atom. The average molecular weight is 364 g/mol. The average Bonchev–Trinajstić information content (AvgIpc) is 2.94. The Kier molecular flexibility index (Phi) is 7.09. The van der Waals surface area contributed by atoms with E-state index in [2.05, 4.69) is 31.2 Å². The molecule has 0 spiro atoms. The first-order chi connectivity index (χ1) is 13.2. The minimum absolute atomic E-state index is 0.224. The molecule has 0 N–H and O–H groups in total. The maximum atomic E-state index is 10.9. The van der Waals surface area contributed by atoms with Crippen molar-refractivity contribution in [3.63, 3.8) is 0 Å². The zero-order valence-corrected chi connectivity index (χ0v) is 16.5. The van der Waals surface area contributed by atoms with Crippen molar-refractivity contribution >= 4 is 5.97 Å². The van der Waals surface area contributed by atoms with Gasteiger partial charge in [-0.3, -0.25) is 0 Å². The molecular formula is C25H31O2-. The minimum atomic E-state index is -1.13. The molecule has 0 radical (unpaired) electrons. The lowest BCUT2D eigenvalue weighted by molar-refractivity contribution is -0.255. The Morgan fingerprint density at radius 2 is 1.56 bits per heavy atom. The zero-order chi connectivity index (χ0) is 19.1. The monoisotopic (exact) mass is 363 g/mol. The Labute approximate surface area is 163 Å². The second-order valence-corrected chi connectivity index (χ2v) is 8.05. The Hall–Kier alpha value is -2.09. The van der Waals surface area contributed by atoms with Crippen molar-refractivity contribution in [2.75, 3.05) is 0 Å². The molecule has 3 rings (SSSR count). The van der Waals surface area contributed by atoms with Crippen LogP contribution < -0.4 is 5.11 Å². The maximum Gasteiger partial charge on any atom is 0.0715 e. The second-order valence-electron chi connectivity index (χ2n) is 8.05. The lowest BCUT2D eigenvalue weighted by Gasteiger charge is -2.16. The molecule has 1 saturated carbocycles. The first kappa shape index (κ1) is 19.7. The van der Waals surface area contributed by atoms with Crippen molar-refractivity contribution in [1.29, 1.82) is 0 Å². The molecular weight excluding hydrogens is 332 g/mol. The van der Waals surface area contributed by atoms with Gasteiger partial charge in [0, 0.05) is 0 Å². The Balaban J connectivity index is 1.60. The van der Waals surface area contributed by atoms with Crippen LogP contribution in [0, 0.1) is 5.92 Å². The molecule has 2 aromatic carbocycles. The van der Waals surface area contributed by atoms with Crippen LogP contribution in [0.15, 0.2) is 48.5 Å². The topological polar surface area (TPSA) is 40.1 Å². The van der Waals surface area contributed by atoms with Gasteiger partial charge in [-0.05, 0) is 53.4 Å². The van der Waals surface area contributed by atoms with E-state index in [0.717, 1.165) is 17.0 Å². The molecule has 0 unspecified atom stereocenters. The first-order valence-corrected chi connectivity index (χ1v) is 10.6. The summed E-state index contributed by atoms with van der Waals surface area (Å²) in [7, 11) is 0. The highest BCUT2D eigenvalue weighted by molar-refractivity contribution is 5.86. The Bertz CT molecular complexity index is 715. The number of hydrogen-bond donors (Lipinski definition) is 0. The van der Waals surface area contributed by atoms with Crippen molar-refractivity contribution in [2.45, 2.75) is 70.6 Å². The molecule has 0 aromatic heterocycles. The number of benzene rings is 2. The van der Waals surface area contributed by atoms with Gasteiger partial charge in [0.1, 0.15) is 0 Å². The van der Waals surface area contributed by atoms with Crippen molar-refractivity contribution in [3.05, 3.63) is 59.7 Å². The fourth-order valence-corrected chi connectivity index (χ4v) is 4.43. The lowest BCUT2D eigenvalue weighted by Crippen LogP contribution is -2.21. The summed E-state index contributed by atoms with van der Waals surface area (Å²) in [5, 5.41) is 10.9. The summed E-state index contributed by atoms with van der Waals surface area (Å²) in [6.07, 6.45) is 12.3. The van der Waals surface area contributed by atoms with Crippen LogP contribution in [-0.2, 0) is 0 Å². The molecule has 144 valence electrons. The summed E-state index contributed by atoms with van der Waals surface area (Å²) in [6.45, 7) is 2.28. The predicted molar refractivity (Wildman–Crippen MR) is 110 cm³/mol. The number of carbonyl (C=O) groups excluding carboxylic acids is 1. The lowest BCUT2D eigenvalue weighted by atomic mass is 9.89. The Morgan fingerprint density at radius 1 is 0.889 bits per heavy atom. The fourth-order valence-electron chi connectivity index (χ4n) is 4.43. The minimum Gasteiger partial charge on any atom is -0.545 e. The van der Waals surface area contributed by atoms with Crippen molar-refractivity contribution in [2.24, 2.45) is 5.92 Å². The number of carboxylic acid groups (broad SMARTS) is 1. The van der Waals surface area contributed by atoms with E-state index in [1.807, 2.05) is 12.1 Å². The molecule has 1 aliphatic carbocycles. The predicted octanol–water partition coefficient (Wildman–Crippen LogP) is 5.96. The molecule has 2 heteroatoms. The zero-order valence-electron chi connectivity index (χ0n) is 16.5. The van der Waals surface area contributed by atoms with Gasteiger partial charge >= 0.3 is 0 Å². The highest BCUT2D eigenvalue weighted by atomic mass is 16.4. The second kappa shape index (κ2) is 9.73. The SMILES string of the molecule is CCCCC[C@H]1CCC[C@H](c2ccc(-c3ccc(C(=O)[O-])cc3)cc2)CC1. The summed E-state index contributed by atoms with van der Waals surface area (Å²) in [6, 6.07) is 15.8. The number of carbonyl (C=O) groups is 1. The molecule has 0 amide bonds. The van der Waals surface area contributed by atoms with Crippen LogP contribution in [0.25, 0.3) is 11.1 Å². The molecule has 2 nitrogen and oxygen atoms in total. The molecule has 27 heavy (non-hydrogen) atoms. The normalized spacial score (nSPS) is 20.2. The molecule has 2 atom stereocenters. The van der Waals surface area contributed by atoms with Crippen LogP contribution in [0.5, 0.6) is 0 Å². The van der Waals surface area contributed by atoms with Crippen LogP contribution in [0.1, 0.15) is 86.6 Å². The van der Waals surface area contributed by atoms with E-state index >= 15 is 0 Å². The largest absolute Gasteiger partial charge is 0.545 e. The molecule has 0 aliphatic heterocycles. The summed E-state index contributed by atoms with van der Waals surface area (Å²) in [5.41, 5.74) is 3.86. The van der Waals surface area contributed by atoms with Gasteiger partial charge in [-0.25, -0.2) is 0 Å². The van der Waals surface area contributed by atoms with E-state index in [-0.39, 0.29) is 5.56 Å². The van der Waals surface area contributed by atoms with Crippen molar-refractivity contribution in [3.8, 4) is 11.1 Å². The van der Waals surface area contributed by atoms with E-state index < -0.39 is 5.97 Å². The molecule has 2 aromatic rings. The van der Waals surface area contributed by atoms with Gasteiger partial charge in [0.25, 0.3) is 0 Å². The smallest absolute Gasteiger partial charge is 0.0715 e. The third-order valence-electron chi connectivity index (χ3n) is 6.14. The van der Waals surface area contributed by atoms with Gasteiger partial charge in [-0.15, -0.1) is 0 Å². The summed E-state index contributed by atoms with van der Waals surface area (Å²) in [4.78, 5) is 10.9. The number of carboxylic acids is 1.